The van der Waals surface area contributed by atoms with Gasteiger partial charge < -0.3 is 5.32 Å². The normalized spacial score (nSPS) is 10.9. The maximum Gasteiger partial charge on any atom is 0.235 e. The zero-order chi connectivity index (χ0) is 19.5. The fraction of sp³-hybridized carbons (Fsp3) is 0.143. The number of nitrogens with one attached hydrogen (secondary N) is 1. The topological polar surface area (TPSA) is 72.7 Å². The Morgan fingerprint density at radius 2 is 1.79 bits per heavy atom. The summed E-state index contributed by atoms with van der Waals surface area (Å²) in [7, 11) is 0. The van der Waals surface area contributed by atoms with E-state index in [0.29, 0.717) is 11.6 Å². The van der Waals surface area contributed by atoms with Crippen LogP contribution in [-0.4, -0.2) is 31.4 Å². The van der Waals surface area contributed by atoms with Gasteiger partial charge in [0.1, 0.15) is 16.7 Å². The molecule has 28 heavy (non-hydrogen) atoms. The molecule has 6 nitrogen and oxygen atoms in total. The van der Waals surface area contributed by atoms with Crippen molar-refractivity contribution >= 4 is 34.4 Å². The number of aryl methyl sites for hydroxylation is 2. The Kier molecular flexibility index (Phi) is 5.08. The van der Waals surface area contributed by atoms with E-state index in [2.05, 4.69) is 20.4 Å². The van der Waals surface area contributed by atoms with Crippen molar-refractivity contribution in [2.24, 2.45) is 0 Å². The molecular formula is C21H19N5OS. The molecule has 140 valence electrons. The van der Waals surface area contributed by atoms with E-state index in [1.165, 1.54) is 11.8 Å². The van der Waals surface area contributed by atoms with E-state index in [1.807, 2.05) is 74.5 Å². The van der Waals surface area contributed by atoms with Crippen molar-refractivity contribution < 1.29 is 4.79 Å². The van der Waals surface area contributed by atoms with Gasteiger partial charge in [-0.3, -0.25) is 4.79 Å². The fourth-order valence-corrected chi connectivity index (χ4v) is 3.80. The van der Waals surface area contributed by atoms with E-state index in [9.17, 15) is 4.79 Å². The van der Waals surface area contributed by atoms with Crippen LogP contribution in [0.3, 0.4) is 0 Å². The van der Waals surface area contributed by atoms with Crippen LogP contribution in [0, 0.1) is 13.8 Å². The number of para-hydroxylation sites is 2. The van der Waals surface area contributed by atoms with Crippen molar-refractivity contribution in [3.63, 3.8) is 0 Å². The van der Waals surface area contributed by atoms with Gasteiger partial charge in [0.2, 0.25) is 5.91 Å². The van der Waals surface area contributed by atoms with Crippen LogP contribution < -0.4 is 5.32 Å². The molecule has 0 aliphatic carbocycles. The lowest BCUT2D eigenvalue weighted by atomic mass is 10.2. The smallest absolute Gasteiger partial charge is 0.235 e. The van der Waals surface area contributed by atoms with Crippen molar-refractivity contribution in [1.82, 2.24) is 19.7 Å². The Labute approximate surface area is 167 Å². The molecule has 0 aliphatic heterocycles. The summed E-state index contributed by atoms with van der Waals surface area (Å²) < 4.78 is 1.74. The third-order valence-corrected chi connectivity index (χ3v) is 5.11. The summed E-state index contributed by atoms with van der Waals surface area (Å²) in [6.07, 6.45) is 0. The number of carbonyl (C=O) groups is 1. The highest BCUT2D eigenvalue weighted by Crippen LogP contribution is 2.25. The largest absolute Gasteiger partial charge is 0.310 e. The maximum absolute atomic E-state index is 12.6. The van der Waals surface area contributed by atoms with E-state index in [4.69, 9.17) is 0 Å². The monoisotopic (exact) mass is 389 g/mol. The first-order chi connectivity index (χ1) is 13.6. The summed E-state index contributed by atoms with van der Waals surface area (Å²) in [6.45, 7) is 3.76. The van der Waals surface area contributed by atoms with Crippen LogP contribution in [0.25, 0.3) is 16.6 Å². The number of hydrogen-bond donors (Lipinski definition) is 1. The molecule has 4 aromatic rings. The molecule has 2 aromatic heterocycles. The molecule has 1 amide bonds. The molecule has 0 bridgehead atoms. The number of anilines is 1. The van der Waals surface area contributed by atoms with Gasteiger partial charge in [0.05, 0.1) is 22.7 Å². The van der Waals surface area contributed by atoms with Crippen molar-refractivity contribution in [1.29, 1.82) is 0 Å². The maximum atomic E-state index is 12.6. The van der Waals surface area contributed by atoms with Crippen LogP contribution in [0.1, 0.15) is 11.5 Å². The second-order valence-corrected chi connectivity index (χ2v) is 7.31. The number of thioether (sulfide) groups is 1. The average molecular weight is 389 g/mol. The van der Waals surface area contributed by atoms with Crippen molar-refractivity contribution in [2.75, 3.05) is 11.1 Å². The number of amides is 1. The van der Waals surface area contributed by atoms with Crippen molar-refractivity contribution in [2.45, 2.75) is 18.9 Å². The molecular weight excluding hydrogens is 370 g/mol. The van der Waals surface area contributed by atoms with Gasteiger partial charge in [-0.25, -0.2) is 14.6 Å². The lowest BCUT2D eigenvalue weighted by molar-refractivity contribution is -0.113. The summed E-state index contributed by atoms with van der Waals surface area (Å²) in [5.41, 5.74) is 2.62. The minimum Gasteiger partial charge on any atom is -0.310 e. The molecule has 0 saturated carbocycles. The Bertz CT molecular complexity index is 1140. The highest BCUT2D eigenvalue weighted by molar-refractivity contribution is 8.00. The molecule has 0 saturated heterocycles. The standard InChI is InChI=1S/C21H19N5OS/c1-14-12-19(26(25-14)16-8-4-3-5-9-16)24-20(27)13-28-21-17-10-6-7-11-18(17)22-15(2)23-21/h3-12H,13H2,1-2H3,(H,24,27). The molecule has 0 unspecified atom stereocenters. The van der Waals surface area contributed by atoms with E-state index in [-0.39, 0.29) is 11.7 Å². The van der Waals surface area contributed by atoms with Crippen molar-refractivity contribution in [3.8, 4) is 5.69 Å². The number of nitrogens with zero attached hydrogens (tertiary/aromatic N) is 4. The van der Waals surface area contributed by atoms with Gasteiger partial charge in [-0.05, 0) is 32.0 Å². The molecule has 2 aromatic carbocycles. The predicted octanol–water partition coefficient (Wildman–Crippen LogP) is 4.16. The first-order valence-electron chi connectivity index (χ1n) is 8.88. The van der Waals surface area contributed by atoms with Crippen LogP contribution in [0.15, 0.2) is 65.7 Å². The number of hydrogen-bond acceptors (Lipinski definition) is 5. The highest BCUT2D eigenvalue weighted by Gasteiger charge is 2.13. The molecule has 0 atom stereocenters. The molecule has 1 N–H and O–H groups in total. The molecule has 0 aliphatic rings. The second kappa shape index (κ2) is 7.82. The number of carbonyl (C=O) groups excluding carboxylic acids is 1. The van der Waals surface area contributed by atoms with Gasteiger partial charge in [-0.1, -0.05) is 48.2 Å². The lowest BCUT2D eigenvalue weighted by Crippen LogP contribution is -2.17. The molecule has 4 rings (SSSR count). The van der Waals surface area contributed by atoms with Crippen LogP contribution in [0.4, 0.5) is 5.82 Å². The number of rotatable bonds is 5. The summed E-state index contributed by atoms with van der Waals surface area (Å²) in [5.74, 6) is 1.49. The number of fused-ring (bicyclic) bond motifs is 1. The quantitative estimate of drug-likeness (QED) is 0.410. The Hall–Kier alpha value is -3.19. The Morgan fingerprint density at radius 3 is 2.61 bits per heavy atom. The summed E-state index contributed by atoms with van der Waals surface area (Å²) in [5, 5.41) is 9.21. The Balaban J connectivity index is 1.51. The van der Waals surface area contributed by atoms with Crippen molar-refractivity contribution in [3.05, 3.63) is 72.2 Å². The predicted molar refractivity (Wildman–Crippen MR) is 112 cm³/mol. The van der Waals surface area contributed by atoms with E-state index >= 15 is 0 Å². The number of benzene rings is 2. The molecule has 2 heterocycles. The zero-order valence-electron chi connectivity index (χ0n) is 15.6. The fourth-order valence-electron chi connectivity index (χ4n) is 2.94. The van der Waals surface area contributed by atoms with Gasteiger partial charge in [0.25, 0.3) is 0 Å². The van der Waals surface area contributed by atoms with Gasteiger partial charge in [-0.15, -0.1) is 0 Å². The third kappa shape index (κ3) is 3.89. The summed E-state index contributed by atoms with van der Waals surface area (Å²) in [6, 6.07) is 19.4. The highest BCUT2D eigenvalue weighted by atomic mass is 32.2. The van der Waals surface area contributed by atoms with Gasteiger partial charge in [-0.2, -0.15) is 5.10 Å². The van der Waals surface area contributed by atoms with Crippen LogP contribution in [0.5, 0.6) is 0 Å². The first kappa shape index (κ1) is 18.2. The van der Waals surface area contributed by atoms with Gasteiger partial charge >= 0.3 is 0 Å². The van der Waals surface area contributed by atoms with E-state index in [1.54, 1.807) is 4.68 Å². The number of aromatic nitrogens is 4. The minimum atomic E-state index is -0.109. The van der Waals surface area contributed by atoms with Gasteiger partial charge in [0.15, 0.2) is 0 Å². The van der Waals surface area contributed by atoms with Crippen LogP contribution in [-0.2, 0) is 4.79 Å². The van der Waals surface area contributed by atoms with Crippen LogP contribution in [0.2, 0.25) is 0 Å². The Morgan fingerprint density at radius 1 is 1.04 bits per heavy atom. The first-order valence-corrected chi connectivity index (χ1v) is 9.87. The van der Waals surface area contributed by atoms with E-state index < -0.39 is 0 Å². The summed E-state index contributed by atoms with van der Waals surface area (Å²) >= 11 is 1.41. The molecule has 0 spiro atoms. The van der Waals surface area contributed by atoms with Gasteiger partial charge in [0, 0.05) is 11.5 Å². The zero-order valence-corrected chi connectivity index (χ0v) is 16.4. The average Bonchev–Trinajstić information content (AvgIpc) is 3.06. The third-order valence-electron chi connectivity index (χ3n) is 4.12. The second-order valence-electron chi connectivity index (χ2n) is 6.35. The SMILES string of the molecule is Cc1cc(NC(=O)CSc2nc(C)nc3ccccc23)n(-c2ccccc2)n1. The minimum absolute atomic E-state index is 0.109. The lowest BCUT2D eigenvalue weighted by Gasteiger charge is -2.09. The molecule has 7 heteroatoms. The van der Waals surface area contributed by atoms with Crippen LogP contribution >= 0.6 is 11.8 Å². The molecule has 0 radical (unpaired) electrons. The van der Waals surface area contributed by atoms with E-state index in [0.717, 1.165) is 27.3 Å². The molecule has 0 fully saturated rings. The summed E-state index contributed by atoms with van der Waals surface area (Å²) in [4.78, 5) is 21.5.